The quantitative estimate of drug-likeness (QED) is 0.466. The van der Waals surface area contributed by atoms with Gasteiger partial charge in [-0.15, -0.1) is 0 Å². The predicted octanol–water partition coefficient (Wildman–Crippen LogP) is 2.75. The molecule has 0 amide bonds. The molecule has 0 atom stereocenters. The van der Waals surface area contributed by atoms with Crippen LogP contribution in [0.3, 0.4) is 0 Å². The number of hydrogen-bond donors (Lipinski definition) is 2. The zero-order valence-corrected chi connectivity index (χ0v) is 15.2. The highest BCUT2D eigenvalue weighted by molar-refractivity contribution is 5.81. The van der Waals surface area contributed by atoms with E-state index in [1.54, 1.807) is 12.1 Å². The average molecular weight is 363 g/mol. The Kier molecular flexibility index (Phi) is 7.55. The van der Waals surface area contributed by atoms with E-state index in [0.29, 0.717) is 11.4 Å². The van der Waals surface area contributed by atoms with Crippen LogP contribution in [-0.4, -0.2) is 28.4 Å². The summed E-state index contributed by atoms with van der Waals surface area (Å²) in [6.07, 6.45) is 6.61. The highest BCUT2D eigenvalue weighted by atomic mass is 16.6. The van der Waals surface area contributed by atoms with Crippen molar-refractivity contribution < 1.29 is 4.84 Å². The second-order valence-electron chi connectivity index (χ2n) is 5.54. The van der Waals surface area contributed by atoms with Gasteiger partial charge in [0.2, 0.25) is 0 Å². The molecule has 0 spiro atoms. The molecule has 0 fully saturated rings. The van der Waals surface area contributed by atoms with Crippen molar-refractivity contribution in [3.05, 3.63) is 71.3 Å². The Balaban J connectivity index is 2.00. The van der Waals surface area contributed by atoms with Crippen molar-refractivity contribution in [2.75, 3.05) is 0 Å². The van der Waals surface area contributed by atoms with Crippen LogP contribution >= 0.6 is 0 Å². The molecule has 0 saturated heterocycles. The Labute approximate surface area is 157 Å². The summed E-state index contributed by atoms with van der Waals surface area (Å²) in [5.74, 6) is 5.16. The molecule has 8 nitrogen and oxygen atoms in total. The fourth-order valence-electron chi connectivity index (χ4n) is 1.94. The van der Waals surface area contributed by atoms with Crippen molar-refractivity contribution >= 4 is 30.6 Å². The third kappa shape index (κ3) is 7.00. The molecular formula is C19H21N7O. The minimum atomic E-state index is -0.0807. The molecule has 2 aromatic rings. The fourth-order valence-corrected chi connectivity index (χ4v) is 1.94. The second kappa shape index (κ2) is 10.4. The molecule has 27 heavy (non-hydrogen) atoms. The molecule has 0 aliphatic carbocycles. The Morgan fingerprint density at radius 3 is 2.33 bits per heavy atom. The summed E-state index contributed by atoms with van der Waals surface area (Å²) in [4.78, 5) is 13.3. The summed E-state index contributed by atoms with van der Waals surface area (Å²) in [6.45, 7) is 7.68. The van der Waals surface area contributed by atoms with E-state index in [0.717, 1.165) is 17.0 Å². The number of hydrazone groups is 1. The topological polar surface area (TPSA) is 110 Å². The molecule has 8 heteroatoms. The van der Waals surface area contributed by atoms with E-state index in [1.807, 2.05) is 50.3 Å². The lowest BCUT2D eigenvalue weighted by molar-refractivity contribution is 0.303. The first-order valence-electron chi connectivity index (χ1n) is 8.09. The highest BCUT2D eigenvalue weighted by Gasteiger charge is 1.97. The minimum Gasteiger partial charge on any atom is -0.370 e. The van der Waals surface area contributed by atoms with Gasteiger partial charge in [-0.25, -0.2) is 15.4 Å². The zero-order chi connectivity index (χ0) is 19.5. The molecule has 0 aliphatic rings. The molecule has 0 saturated carbocycles. The lowest BCUT2D eigenvalue weighted by Gasteiger charge is -2.00. The van der Waals surface area contributed by atoms with Gasteiger partial charge in [0.1, 0.15) is 0 Å². The number of hydrogen-bond acceptors (Lipinski definition) is 7. The van der Waals surface area contributed by atoms with Gasteiger partial charge in [-0.2, -0.15) is 16.1 Å². The number of pyridine rings is 2. The maximum atomic E-state index is 5.16. The van der Waals surface area contributed by atoms with Crippen LogP contribution in [0.1, 0.15) is 36.6 Å². The first kappa shape index (κ1) is 19.7. The molecule has 2 aromatic heterocycles. The van der Waals surface area contributed by atoms with Crippen LogP contribution in [0.15, 0.2) is 63.9 Å². The van der Waals surface area contributed by atoms with Crippen molar-refractivity contribution in [3.8, 4) is 0 Å². The molecular weight excluding hydrogens is 342 g/mol. The number of amidine groups is 1. The van der Waals surface area contributed by atoms with E-state index >= 15 is 0 Å². The van der Waals surface area contributed by atoms with E-state index in [4.69, 9.17) is 5.90 Å². The first-order valence-corrected chi connectivity index (χ1v) is 8.09. The van der Waals surface area contributed by atoms with Gasteiger partial charge in [-0.3, -0.25) is 0 Å². The zero-order valence-electron chi connectivity index (χ0n) is 15.2. The van der Waals surface area contributed by atoms with Gasteiger partial charge in [0.05, 0.1) is 35.2 Å². The third-order valence-corrected chi connectivity index (χ3v) is 3.04. The molecule has 138 valence electrons. The van der Waals surface area contributed by atoms with Crippen molar-refractivity contribution in [3.63, 3.8) is 0 Å². The SMILES string of the molecule is C=Cc1cccc(/C=N/N=C(N/N=C/c2cccc(C=C(C)C)n2)ON)n1. The number of allylic oxidation sites excluding steroid dienone is 1. The van der Waals surface area contributed by atoms with E-state index in [9.17, 15) is 0 Å². The van der Waals surface area contributed by atoms with Crippen molar-refractivity contribution in [1.82, 2.24) is 15.4 Å². The predicted molar refractivity (Wildman–Crippen MR) is 109 cm³/mol. The molecule has 0 aromatic carbocycles. The highest BCUT2D eigenvalue weighted by Crippen LogP contribution is 2.03. The summed E-state index contributed by atoms with van der Waals surface area (Å²) >= 11 is 0. The van der Waals surface area contributed by atoms with Crippen LogP contribution < -0.4 is 11.3 Å². The smallest absolute Gasteiger partial charge is 0.348 e. The maximum absolute atomic E-state index is 5.16. The van der Waals surface area contributed by atoms with E-state index < -0.39 is 0 Å². The van der Waals surface area contributed by atoms with Gasteiger partial charge in [0.25, 0.3) is 0 Å². The van der Waals surface area contributed by atoms with E-state index in [1.165, 1.54) is 12.4 Å². The third-order valence-electron chi connectivity index (χ3n) is 3.04. The van der Waals surface area contributed by atoms with Gasteiger partial charge in [-0.05, 0) is 50.3 Å². The summed E-state index contributed by atoms with van der Waals surface area (Å²) < 4.78 is 0. The molecule has 2 heterocycles. The molecule has 2 rings (SSSR count). The number of rotatable bonds is 6. The van der Waals surface area contributed by atoms with Gasteiger partial charge in [0.15, 0.2) is 0 Å². The van der Waals surface area contributed by atoms with Crippen LogP contribution in [0.5, 0.6) is 0 Å². The van der Waals surface area contributed by atoms with E-state index in [-0.39, 0.29) is 6.02 Å². The van der Waals surface area contributed by atoms with Gasteiger partial charge < -0.3 is 4.84 Å². The number of aromatic nitrogens is 2. The van der Waals surface area contributed by atoms with E-state index in [2.05, 4.69) is 42.1 Å². The Morgan fingerprint density at radius 2 is 1.67 bits per heavy atom. The fraction of sp³-hybridized carbons (Fsp3) is 0.105. The van der Waals surface area contributed by atoms with Gasteiger partial charge in [-0.1, -0.05) is 29.4 Å². The second-order valence-corrected chi connectivity index (χ2v) is 5.54. The van der Waals surface area contributed by atoms with Crippen LogP contribution in [0.4, 0.5) is 0 Å². The first-order chi connectivity index (χ1) is 13.1. The van der Waals surface area contributed by atoms with Crippen molar-refractivity contribution in [1.29, 1.82) is 0 Å². The summed E-state index contributed by atoms with van der Waals surface area (Å²) in [5, 5.41) is 11.7. The van der Waals surface area contributed by atoms with Crippen molar-refractivity contribution in [2.45, 2.75) is 13.8 Å². The largest absolute Gasteiger partial charge is 0.370 e. The lowest BCUT2D eigenvalue weighted by Crippen LogP contribution is -2.24. The van der Waals surface area contributed by atoms with Gasteiger partial charge in [0, 0.05) is 0 Å². The normalized spacial score (nSPS) is 11.6. The molecule has 0 radical (unpaired) electrons. The van der Waals surface area contributed by atoms with Crippen LogP contribution in [-0.2, 0) is 4.84 Å². The lowest BCUT2D eigenvalue weighted by atomic mass is 10.2. The molecule has 0 unspecified atom stereocenters. The number of nitrogens with two attached hydrogens (primary N) is 1. The monoisotopic (exact) mass is 363 g/mol. The summed E-state index contributed by atoms with van der Waals surface area (Å²) in [7, 11) is 0. The molecule has 0 bridgehead atoms. The Bertz CT molecular complexity index is 896. The molecule has 0 aliphatic heterocycles. The van der Waals surface area contributed by atoms with Crippen molar-refractivity contribution in [2.24, 2.45) is 21.2 Å². The molecule has 3 N–H and O–H groups in total. The van der Waals surface area contributed by atoms with Crippen LogP contribution in [0.25, 0.3) is 12.2 Å². The van der Waals surface area contributed by atoms with Crippen LogP contribution in [0.2, 0.25) is 0 Å². The average Bonchev–Trinajstić information content (AvgIpc) is 2.66. The summed E-state index contributed by atoms with van der Waals surface area (Å²) in [5.41, 5.74) is 6.59. The summed E-state index contributed by atoms with van der Waals surface area (Å²) in [6, 6.07) is 11.0. The maximum Gasteiger partial charge on any atom is 0.348 e. The number of nitrogens with zero attached hydrogens (tertiary/aromatic N) is 5. The number of nitrogens with one attached hydrogen (secondary N) is 1. The van der Waals surface area contributed by atoms with Crippen LogP contribution in [0, 0.1) is 0 Å². The Morgan fingerprint density at radius 1 is 1.04 bits per heavy atom. The Hall–Kier alpha value is -3.65. The standard InChI is InChI=1S/C19H21N7O/c1-4-15-7-5-9-17(23-15)12-21-25-19(27-20)26-22-13-18-10-6-8-16(24-18)11-14(2)3/h4-13H,1,20H2,2-3H3,(H,25,26)/b21-12+,22-13+. The minimum absolute atomic E-state index is 0.0807. The van der Waals surface area contributed by atoms with Gasteiger partial charge >= 0.3 is 6.02 Å².